The lowest BCUT2D eigenvalue weighted by Gasteiger charge is -2.21. The highest BCUT2D eigenvalue weighted by atomic mass is 32.2. The van der Waals surface area contributed by atoms with Gasteiger partial charge < -0.3 is 0 Å². The Morgan fingerprint density at radius 1 is 1.28 bits per heavy atom. The van der Waals surface area contributed by atoms with Crippen LogP contribution in [0.3, 0.4) is 0 Å². The van der Waals surface area contributed by atoms with Crippen LogP contribution in [0.1, 0.15) is 41.5 Å². The first-order valence-electron chi connectivity index (χ1n) is 6.34. The Labute approximate surface area is 123 Å². The van der Waals surface area contributed by atoms with Gasteiger partial charge in [-0.15, -0.1) is 0 Å². The molecule has 0 aliphatic carbocycles. The van der Waals surface area contributed by atoms with Gasteiger partial charge in [-0.3, -0.25) is 4.72 Å². The van der Waals surface area contributed by atoms with E-state index in [4.69, 9.17) is 0 Å². The topological polar surface area (TPSA) is 12.0 Å². The minimum Gasteiger partial charge on any atom is -0.255 e. The average Bonchev–Trinajstić information content (AvgIpc) is 2.30. The van der Waals surface area contributed by atoms with E-state index in [2.05, 4.69) is 50.5 Å². The van der Waals surface area contributed by atoms with Crippen molar-refractivity contribution >= 4 is 23.7 Å². The van der Waals surface area contributed by atoms with Crippen molar-refractivity contribution in [3.05, 3.63) is 35.3 Å². The van der Waals surface area contributed by atoms with Gasteiger partial charge in [0.2, 0.25) is 0 Å². The van der Waals surface area contributed by atoms with Crippen LogP contribution in [0.25, 0.3) is 0 Å². The van der Waals surface area contributed by atoms with Gasteiger partial charge in [-0.05, 0) is 57.5 Å². The molecule has 0 atom stereocenters. The third-order valence-corrected chi connectivity index (χ3v) is 3.57. The van der Waals surface area contributed by atoms with Crippen molar-refractivity contribution < 1.29 is 0 Å². The summed E-state index contributed by atoms with van der Waals surface area (Å²) in [5.41, 5.74) is 1.28. The Balaban J connectivity index is 0. The first-order valence-corrected chi connectivity index (χ1v) is 8.56. The van der Waals surface area contributed by atoms with E-state index in [1.54, 1.807) is 23.7 Å². The smallest absolute Gasteiger partial charge is 0.0262 e. The van der Waals surface area contributed by atoms with Gasteiger partial charge in [0.15, 0.2) is 0 Å². The molecule has 0 saturated carbocycles. The molecule has 0 amide bonds. The van der Waals surface area contributed by atoms with Gasteiger partial charge in [0.1, 0.15) is 0 Å². The van der Waals surface area contributed by atoms with Crippen LogP contribution in [0.4, 0.5) is 0 Å². The fourth-order valence-corrected chi connectivity index (χ4v) is 2.24. The van der Waals surface area contributed by atoms with Crippen molar-refractivity contribution in [2.75, 3.05) is 12.0 Å². The second-order valence-electron chi connectivity index (χ2n) is 4.55. The van der Waals surface area contributed by atoms with Crippen LogP contribution < -0.4 is 4.72 Å². The number of nitrogens with one attached hydrogen (secondary N) is 1. The van der Waals surface area contributed by atoms with Crippen LogP contribution in [0.5, 0.6) is 0 Å². The Morgan fingerprint density at radius 3 is 2.22 bits per heavy atom. The van der Waals surface area contributed by atoms with E-state index < -0.39 is 0 Å². The van der Waals surface area contributed by atoms with Crippen molar-refractivity contribution in [1.29, 1.82) is 0 Å². The Bertz CT molecular complexity index is 273. The van der Waals surface area contributed by atoms with Gasteiger partial charge in [-0.2, -0.15) is 11.8 Å². The number of hydrogen-bond acceptors (Lipinski definition) is 3. The van der Waals surface area contributed by atoms with Crippen molar-refractivity contribution in [2.45, 2.75) is 47.1 Å². The summed E-state index contributed by atoms with van der Waals surface area (Å²) in [5.74, 6) is 0.974. The van der Waals surface area contributed by atoms with E-state index in [-0.39, 0.29) is 5.54 Å². The molecule has 0 fully saturated rings. The average molecular weight is 288 g/mol. The summed E-state index contributed by atoms with van der Waals surface area (Å²) in [7, 11) is 0. The molecule has 106 valence electrons. The molecule has 3 heteroatoms. The van der Waals surface area contributed by atoms with Gasteiger partial charge in [-0.1, -0.05) is 32.6 Å². The molecule has 0 saturated heterocycles. The maximum atomic E-state index is 4.11. The lowest BCUT2D eigenvalue weighted by atomic mass is 10.1. The predicted molar refractivity (Wildman–Crippen MR) is 92.2 cm³/mol. The summed E-state index contributed by atoms with van der Waals surface area (Å²) in [4.78, 5) is 1.21. The second-order valence-corrected chi connectivity index (χ2v) is 6.26. The molecule has 0 bridgehead atoms. The lowest BCUT2D eigenvalue weighted by Crippen LogP contribution is -2.30. The molecule has 1 N–H and O–H groups in total. The van der Waals surface area contributed by atoms with Gasteiger partial charge in [0, 0.05) is 16.2 Å². The summed E-state index contributed by atoms with van der Waals surface area (Å²) in [6, 6.07) is 0. The Morgan fingerprint density at radius 2 is 1.83 bits per heavy atom. The van der Waals surface area contributed by atoms with Crippen LogP contribution in [0, 0.1) is 0 Å². The standard InChI is InChI=1S/C13H23NS2.C2H6/c1-7-8-9-12(11(2)10-15-6)16-14-13(3,4)5;1-2/h7-9,14H,2,10H2,1,3-6H3;1-2H3/b8-7-,12-9+;. The van der Waals surface area contributed by atoms with Crippen LogP contribution in [-0.2, 0) is 0 Å². The van der Waals surface area contributed by atoms with Crippen molar-refractivity contribution in [2.24, 2.45) is 0 Å². The zero-order valence-corrected chi connectivity index (χ0v) is 14.6. The van der Waals surface area contributed by atoms with Crippen molar-refractivity contribution in [3.8, 4) is 0 Å². The first-order chi connectivity index (χ1) is 8.40. The van der Waals surface area contributed by atoms with E-state index >= 15 is 0 Å². The number of hydrogen-bond donors (Lipinski definition) is 1. The zero-order chi connectivity index (χ0) is 14.6. The van der Waals surface area contributed by atoms with E-state index in [9.17, 15) is 0 Å². The molecule has 0 aromatic carbocycles. The second kappa shape index (κ2) is 11.9. The molecule has 0 aromatic rings. The molecular weight excluding hydrogens is 258 g/mol. The fraction of sp³-hybridized carbons (Fsp3) is 0.600. The van der Waals surface area contributed by atoms with Crippen LogP contribution in [-0.4, -0.2) is 17.5 Å². The SMILES string of the molecule is C=C(CSC)/C(=C\C=C/C)SNC(C)(C)C.CC. The first kappa shape index (κ1) is 20.2. The Kier molecular flexibility index (Phi) is 13.4. The highest BCUT2D eigenvalue weighted by Crippen LogP contribution is 2.25. The van der Waals surface area contributed by atoms with Crippen LogP contribution in [0.2, 0.25) is 0 Å². The normalized spacial score (nSPS) is 12.3. The minimum absolute atomic E-state index is 0.110. The highest BCUT2D eigenvalue weighted by molar-refractivity contribution is 8.02. The molecule has 0 heterocycles. The highest BCUT2D eigenvalue weighted by Gasteiger charge is 2.11. The van der Waals surface area contributed by atoms with Gasteiger partial charge in [0.05, 0.1) is 0 Å². The van der Waals surface area contributed by atoms with E-state index in [1.165, 1.54) is 10.5 Å². The zero-order valence-electron chi connectivity index (χ0n) is 13.0. The number of allylic oxidation sites excluding steroid dienone is 4. The van der Waals surface area contributed by atoms with E-state index in [1.807, 2.05) is 26.8 Å². The molecular formula is C15H29NS2. The minimum atomic E-state index is 0.110. The third-order valence-electron chi connectivity index (χ3n) is 1.57. The summed E-state index contributed by atoms with van der Waals surface area (Å²) in [6.07, 6.45) is 8.30. The van der Waals surface area contributed by atoms with E-state index in [0.29, 0.717) is 0 Å². The molecule has 0 radical (unpaired) electrons. The maximum Gasteiger partial charge on any atom is 0.0262 e. The van der Waals surface area contributed by atoms with Crippen LogP contribution >= 0.6 is 23.7 Å². The summed E-state index contributed by atoms with van der Waals surface area (Å²) < 4.78 is 3.41. The lowest BCUT2D eigenvalue weighted by molar-refractivity contribution is 0.536. The van der Waals surface area contributed by atoms with Gasteiger partial charge in [0.25, 0.3) is 0 Å². The predicted octanol–water partition coefficient (Wildman–Crippen LogP) is 5.43. The molecule has 1 nitrogen and oxygen atoms in total. The van der Waals surface area contributed by atoms with Crippen molar-refractivity contribution in [3.63, 3.8) is 0 Å². The monoisotopic (exact) mass is 287 g/mol. The maximum absolute atomic E-state index is 4.11. The Hall–Kier alpha value is -0.120. The molecule has 18 heavy (non-hydrogen) atoms. The molecule has 0 aromatic heterocycles. The summed E-state index contributed by atoms with van der Waals surface area (Å²) in [6.45, 7) is 16.6. The largest absolute Gasteiger partial charge is 0.255 e. The number of thioether (sulfide) groups is 1. The summed E-state index contributed by atoms with van der Waals surface area (Å²) >= 11 is 3.46. The fourth-order valence-electron chi connectivity index (χ4n) is 0.861. The van der Waals surface area contributed by atoms with Gasteiger partial charge >= 0.3 is 0 Å². The molecule has 0 rings (SSSR count). The quantitative estimate of drug-likeness (QED) is 0.517. The molecule has 0 unspecified atom stereocenters. The number of rotatable bonds is 6. The third kappa shape index (κ3) is 12.3. The van der Waals surface area contributed by atoms with E-state index in [0.717, 1.165) is 5.75 Å². The van der Waals surface area contributed by atoms with Crippen molar-refractivity contribution in [1.82, 2.24) is 4.72 Å². The molecule has 0 aliphatic heterocycles. The molecule has 0 spiro atoms. The van der Waals surface area contributed by atoms with Gasteiger partial charge in [-0.25, -0.2) is 0 Å². The molecule has 0 aliphatic rings. The summed E-state index contributed by atoms with van der Waals surface area (Å²) in [5, 5.41) is 0. The van der Waals surface area contributed by atoms with Crippen LogP contribution in [0.15, 0.2) is 35.3 Å².